The molecule has 1 N–H and O–H groups in total. The first-order valence-corrected chi connectivity index (χ1v) is 11.7. The van der Waals surface area contributed by atoms with Crippen LogP contribution in [0.3, 0.4) is 0 Å². The first kappa shape index (κ1) is 21.5. The molecule has 0 radical (unpaired) electrons. The molecule has 9 heteroatoms. The van der Waals surface area contributed by atoms with Crippen LogP contribution in [0.4, 0.5) is 5.69 Å². The second-order valence-electron chi connectivity index (χ2n) is 6.50. The van der Waals surface area contributed by atoms with Crippen molar-refractivity contribution in [2.45, 2.75) is 18.3 Å². The van der Waals surface area contributed by atoms with Crippen LogP contribution in [0.1, 0.15) is 18.7 Å². The summed E-state index contributed by atoms with van der Waals surface area (Å²) in [6.45, 7) is 6.51. The van der Waals surface area contributed by atoms with Crippen molar-refractivity contribution in [1.29, 1.82) is 0 Å². The van der Waals surface area contributed by atoms with E-state index in [-0.39, 0.29) is 0 Å². The summed E-state index contributed by atoms with van der Waals surface area (Å²) < 4.78 is 18.7. The molecular formula is C22H21BrN4O3S. The summed E-state index contributed by atoms with van der Waals surface area (Å²) in [5.74, 6) is 1.65. The number of halogens is 1. The van der Waals surface area contributed by atoms with Gasteiger partial charge in [0.2, 0.25) is 11.0 Å². The highest BCUT2D eigenvalue weighted by Gasteiger charge is 2.27. The number of ether oxygens (including phenoxy) is 3. The fraction of sp³-hybridized carbons (Fsp3) is 0.227. The van der Waals surface area contributed by atoms with Crippen molar-refractivity contribution in [3.63, 3.8) is 0 Å². The summed E-state index contributed by atoms with van der Waals surface area (Å²) in [6, 6.07) is 11.7. The van der Waals surface area contributed by atoms with Crippen LogP contribution >= 0.6 is 27.7 Å². The Morgan fingerprint density at radius 1 is 1.26 bits per heavy atom. The van der Waals surface area contributed by atoms with Gasteiger partial charge in [0.05, 0.1) is 11.1 Å². The standard InChI is InChI=1S/C22H21BrN4O3S/c1-4-10-29-19-15(23)11-13(12-17(19)28-5-2)20-24-16-9-7-6-8-14(16)18-21(30-20)25-22(31-3)27-26-18/h4,6-9,11-12,20,24H,1,5,10H2,2-3H3/t20-/m0/s1. The Balaban J connectivity index is 1.80. The average molecular weight is 501 g/mol. The number of benzene rings is 2. The zero-order chi connectivity index (χ0) is 21.8. The SMILES string of the molecule is C=CCOc1c(Br)cc([C@H]2Nc3ccccc3-c3nnc(SC)nc3O2)cc1OCC. The smallest absolute Gasteiger partial charge is 0.247 e. The minimum Gasteiger partial charge on any atom is -0.490 e. The minimum absolute atomic E-state index is 0.372. The van der Waals surface area contributed by atoms with Gasteiger partial charge in [0.15, 0.2) is 23.4 Å². The first-order chi connectivity index (χ1) is 15.1. The zero-order valence-electron chi connectivity index (χ0n) is 17.1. The quantitative estimate of drug-likeness (QED) is 0.337. The first-order valence-electron chi connectivity index (χ1n) is 9.65. The van der Waals surface area contributed by atoms with Gasteiger partial charge in [-0.15, -0.1) is 10.2 Å². The molecule has 0 spiro atoms. The fourth-order valence-electron chi connectivity index (χ4n) is 3.17. The number of hydrogen-bond acceptors (Lipinski definition) is 8. The van der Waals surface area contributed by atoms with Gasteiger partial charge in [-0.05, 0) is 47.3 Å². The lowest BCUT2D eigenvalue weighted by Crippen LogP contribution is -2.17. The van der Waals surface area contributed by atoms with Gasteiger partial charge in [-0.3, -0.25) is 0 Å². The van der Waals surface area contributed by atoms with Gasteiger partial charge in [-0.2, -0.15) is 4.98 Å². The second kappa shape index (κ2) is 9.57. The summed E-state index contributed by atoms with van der Waals surface area (Å²) in [5.41, 5.74) is 3.19. The Bertz CT molecular complexity index is 1110. The lowest BCUT2D eigenvalue weighted by Gasteiger charge is -2.22. The van der Waals surface area contributed by atoms with E-state index in [1.54, 1.807) is 6.08 Å². The molecule has 7 nitrogen and oxygen atoms in total. The van der Waals surface area contributed by atoms with Crippen molar-refractivity contribution in [3.05, 3.63) is 59.1 Å². The number of thioether (sulfide) groups is 1. The molecule has 2 aromatic carbocycles. The second-order valence-corrected chi connectivity index (χ2v) is 8.13. The van der Waals surface area contributed by atoms with Crippen molar-refractivity contribution in [2.75, 3.05) is 24.8 Å². The molecule has 0 aliphatic carbocycles. The summed E-state index contributed by atoms with van der Waals surface area (Å²) in [4.78, 5) is 4.55. The molecule has 31 heavy (non-hydrogen) atoms. The van der Waals surface area contributed by atoms with Crippen LogP contribution in [-0.2, 0) is 0 Å². The molecule has 0 saturated heterocycles. The highest BCUT2D eigenvalue weighted by atomic mass is 79.9. The highest BCUT2D eigenvalue weighted by Crippen LogP contribution is 2.43. The van der Waals surface area contributed by atoms with E-state index in [1.165, 1.54) is 11.8 Å². The molecule has 2 heterocycles. The Morgan fingerprint density at radius 2 is 2.10 bits per heavy atom. The van der Waals surface area contributed by atoms with E-state index >= 15 is 0 Å². The lowest BCUT2D eigenvalue weighted by atomic mass is 10.1. The predicted octanol–water partition coefficient (Wildman–Crippen LogP) is 5.49. The zero-order valence-corrected chi connectivity index (χ0v) is 19.5. The van der Waals surface area contributed by atoms with Crippen molar-refractivity contribution >= 4 is 33.4 Å². The molecule has 3 aromatic rings. The predicted molar refractivity (Wildman–Crippen MR) is 125 cm³/mol. The average Bonchev–Trinajstić information content (AvgIpc) is 2.95. The van der Waals surface area contributed by atoms with Crippen molar-refractivity contribution in [1.82, 2.24) is 15.2 Å². The molecule has 1 atom stereocenters. The molecule has 160 valence electrons. The van der Waals surface area contributed by atoms with Crippen molar-refractivity contribution in [3.8, 4) is 28.6 Å². The Labute approximate surface area is 193 Å². The van der Waals surface area contributed by atoms with E-state index in [4.69, 9.17) is 14.2 Å². The number of fused-ring (bicyclic) bond motifs is 3. The van der Waals surface area contributed by atoms with Crippen LogP contribution in [0.15, 0.2) is 58.7 Å². The van der Waals surface area contributed by atoms with Gasteiger partial charge in [-0.1, -0.05) is 42.6 Å². The van der Waals surface area contributed by atoms with Crippen LogP contribution in [-0.4, -0.2) is 34.7 Å². The highest BCUT2D eigenvalue weighted by molar-refractivity contribution is 9.10. The van der Waals surface area contributed by atoms with Crippen LogP contribution in [0.5, 0.6) is 17.4 Å². The molecule has 0 unspecified atom stereocenters. The summed E-state index contributed by atoms with van der Waals surface area (Å²) in [6.07, 6.45) is 3.06. The van der Waals surface area contributed by atoms with E-state index in [9.17, 15) is 0 Å². The van der Waals surface area contributed by atoms with Gasteiger partial charge < -0.3 is 19.5 Å². The summed E-state index contributed by atoms with van der Waals surface area (Å²) in [7, 11) is 0. The molecular weight excluding hydrogens is 480 g/mol. The normalized spacial score (nSPS) is 14.4. The lowest BCUT2D eigenvalue weighted by molar-refractivity contribution is 0.223. The summed E-state index contributed by atoms with van der Waals surface area (Å²) >= 11 is 5.02. The molecule has 0 saturated carbocycles. The molecule has 1 aliphatic heterocycles. The third-order valence-corrected chi connectivity index (χ3v) is 5.62. The molecule has 4 rings (SSSR count). The van der Waals surface area contributed by atoms with Gasteiger partial charge in [0.1, 0.15) is 6.61 Å². The van der Waals surface area contributed by atoms with Crippen LogP contribution in [0.2, 0.25) is 0 Å². The third kappa shape index (κ3) is 4.47. The number of rotatable bonds is 7. The van der Waals surface area contributed by atoms with Crippen molar-refractivity contribution < 1.29 is 14.2 Å². The maximum Gasteiger partial charge on any atom is 0.247 e. The van der Waals surface area contributed by atoms with Crippen LogP contribution in [0, 0.1) is 0 Å². The van der Waals surface area contributed by atoms with Crippen LogP contribution in [0.25, 0.3) is 11.3 Å². The van der Waals surface area contributed by atoms with E-state index in [0.717, 1.165) is 21.3 Å². The monoisotopic (exact) mass is 500 g/mol. The van der Waals surface area contributed by atoms with Gasteiger partial charge in [0.25, 0.3) is 0 Å². The van der Waals surface area contributed by atoms with Gasteiger partial charge >= 0.3 is 0 Å². The van der Waals surface area contributed by atoms with E-state index < -0.39 is 6.23 Å². The van der Waals surface area contributed by atoms with Gasteiger partial charge in [0, 0.05) is 16.8 Å². The maximum atomic E-state index is 6.31. The molecule has 1 aromatic heterocycles. The largest absolute Gasteiger partial charge is 0.490 e. The fourth-order valence-corrected chi connectivity index (χ4v) is 4.04. The number of nitrogens with one attached hydrogen (secondary N) is 1. The van der Waals surface area contributed by atoms with Gasteiger partial charge in [-0.25, -0.2) is 0 Å². The van der Waals surface area contributed by atoms with E-state index in [0.29, 0.717) is 41.4 Å². The van der Waals surface area contributed by atoms with Crippen LogP contribution < -0.4 is 19.5 Å². The molecule has 0 fully saturated rings. The Kier molecular flexibility index (Phi) is 6.62. The number of nitrogens with zero attached hydrogens (tertiary/aromatic N) is 3. The Hall–Kier alpha value is -2.78. The number of para-hydroxylation sites is 1. The minimum atomic E-state index is -0.530. The number of hydrogen-bond donors (Lipinski definition) is 1. The molecule has 0 bridgehead atoms. The maximum absolute atomic E-state index is 6.31. The Morgan fingerprint density at radius 3 is 2.87 bits per heavy atom. The molecule has 1 aliphatic rings. The van der Waals surface area contributed by atoms with E-state index in [2.05, 4.69) is 43.0 Å². The summed E-state index contributed by atoms with van der Waals surface area (Å²) in [5, 5.41) is 12.5. The van der Waals surface area contributed by atoms with E-state index in [1.807, 2.05) is 49.6 Å². The molecule has 0 amide bonds. The topological polar surface area (TPSA) is 78.4 Å². The third-order valence-electron chi connectivity index (χ3n) is 4.50. The van der Waals surface area contributed by atoms with Crippen molar-refractivity contribution in [2.24, 2.45) is 0 Å². The number of aromatic nitrogens is 3. The number of anilines is 1.